The molecule has 0 radical (unpaired) electrons. The van der Waals surface area contributed by atoms with E-state index in [-0.39, 0.29) is 5.56 Å². The maximum atomic E-state index is 11.4. The molecule has 0 aliphatic heterocycles. The van der Waals surface area contributed by atoms with Crippen LogP contribution in [-0.4, -0.2) is 9.55 Å². The van der Waals surface area contributed by atoms with E-state index in [0.29, 0.717) is 0 Å². The van der Waals surface area contributed by atoms with Gasteiger partial charge in [-0.05, 0) is 31.5 Å². The first-order valence-electron chi connectivity index (χ1n) is 4.53. The number of aryl methyl sites for hydroxylation is 3. The van der Waals surface area contributed by atoms with Crippen LogP contribution in [0.15, 0.2) is 23.0 Å². The average molecular weight is 188 g/mol. The third-order valence-corrected chi connectivity index (χ3v) is 2.41. The Bertz CT molecular complexity index is 555. The fourth-order valence-corrected chi connectivity index (χ4v) is 1.66. The molecule has 2 rings (SSSR count). The molecule has 0 saturated heterocycles. The quantitative estimate of drug-likeness (QED) is 0.628. The lowest BCUT2D eigenvalue weighted by atomic mass is 10.1. The Labute approximate surface area is 82.0 Å². The molecular formula is C11H12N2O. The third-order valence-electron chi connectivity index (χ3n) is 2.41. The van der Waals surface area contributed by atoms with Crippen LogP contribution in [0.3, 0.4) is 0 Å². The molecule has 2 aromatic heterocycles. The minimum atomic E-state index is -0.0185. The minimum absolute atomic E-state index is 0.0185. The highest BCUT2D eigenvalue weighted by molar-refractivity contribution is 5.78. The highest BCUT2D eigenvalue weighted by atomic mass is 16.1. The first-order chi connectivity index (χ1) is 6.59. The van der Waals surface area contributed by atoms with Crippen molar-refractivity contribution in [3.63, 3.8) is 0 Å². The van der Waals surface area contributed by atoms with E-state index < -0.39 is 0 Å². The predicted octanol–water partition coefficient (Wildman–Crippen LogP) is 1.55. The second kappa shape index (κ2) is 2.94. The topological polar surface area (TPSA) is 34.9 Å². The molecule has 72 valence electrons. The molecule has 2 aromatic rings. The van der Waals surface area contributed by atoms with Gasteiger partial charge in [-0.2, -0.15) is 0 Å². The van der Waals surface area contributed by atoms with Gasteiger partial charge in [0.15, 0.2) is 0 Å². The number of rotatable bonds is 0. The summed E-state index contributed by atoms with van der Waals surface area (Å²) in [5.41, 5.74) is 2.84. The predicted molar refractivity (Wildman–Crippen MR) is 56.5 cm³/mol. The average Bonchev–Trinajstić information content (AvgIpc) is 2.12. The molecule has 14 heavy (non-hydrogen) atoms. The van der Waals surface area contributed by atoms with Crippen molar-refractivity contribution >= 4 is 11.0 Å². The van der Waals surface area contributed by atoms with Crippen molar-refractivity contribution in [3.8, 4) is 0 Å². The molecule has 0 unspecified atom stereocenters. The van der Waals surface area contributed by atoms with Crippen LogP contribution in [0.2, 0.25) is 0 Å². The summed E-state index contributed by atoms with van der Waals surface area (Å²) >= 11 is 0. The molecular weight excluding hydrogens is 176 g/mol. The standard InChI is InChI=1S/C11H12N2O/c1-7-6-8(2)12-11-9(7)4-5-10(14)13(11)3/h4-6H,1-3H3. The van der Waals surface area contributed by atoms with Gasteiger partial charge in [-0.1, -0.05) is 0 Å². The summed E-state index contributed by atoms with van der Waals surface area (Å²) in [4.78, 5) is 15.7. The van der Waals surface area contributed by atoms with Crippen molar-refractivity contribution in [2.75, 3.05) is 0 Å². The number of pyridine rings is 2. The van der Waals surface area contributed by atoms with E-state index >= 15 is 0 Å². The van der Waals surface area contributed by atoms with Crippen molar-refractivity contribution in [3.05, 3.63) is 39.8 Å². The van der Waals surface area contributed by atoms with Gasteiger partial charge in [-0.25, -0.2) is 4.98 Å². The third kappa shape index (κ3) is 1.21. The summed E-state index contributed by atoms with van der Waals surface area (Å²) in [5, 5.41) is 1.04. The van der Waals surface area contributed by atoms with Crippen molar-refractivity contribution in [2.24, 2.45) is 7.05 Å². The first-order valence-corrected chi connectivity index (χ1v) is 4.53. The number of nitrogens with zero attached hydrogens (tertiary/aromatic N) is 2. The molecule has 3 nitrogen and oxygen atoms in total. The summed E-state index contributed by atoms with van der Waals surface area (Å²) in [5.74, 6) is 0. The van der Waals surface area contributed by atoms with Crippen LogP contribution in [-0.2, 0) is 7.05 Å². The van der Waals surface area contributed by atoms with Crippen molar-refractivity contribution in [2.45, 2.75) is 13.8 Å². The SMILES string of the molecule is Cc1cc(C)c2ccc(=O)n(C)c2n1. The van der Waals surface area contributed by atoms with Gasteiger partial charge in [0.05, 0.1) is 0 Å². The second-order valence-electron chi connectivity index (χ2n) is 3.55. The molecule has 0 fully saturated rings. The van der Waals surface area contributed by atoms with Gasteiger partial charge < -0.3 is 0 Å². The lowest BCUT2D eigenvalue weighted by Gasteiger charge is -2.06. The van der Waals surface area contributed by atoms with Gasteiger partial charge >= 0.3 is 0 Å². The van der Waals surface area contributed by atoms with E-state index in [1.165, 1.54) is 0 Å². The van der Waals surface area contributed by atoms with Gasteiger partial charge in [-0.3, -0.25) is 9.36 Å². The molecule has 0 bridgehead atoms. The van der Waals surface area contributed by atoms with Gasteiger partial charge in [0.1, 0.15) is 5.65 Å². The van der Waals surface area contributed by atoms with Gasteiger partial charge in [0, 0.05) is 24.2 Å². The normalized spacial score (nSPS) is 10.8. The smallest absolute Gasteiger partial charge is 0.251 e. The Kier molecular flexibility index (Phi) is 1.88. The van der Waals surface area contributed by atoms with Crippen LogP contribution in [0.1, 0.15) is 11.3 Å². The van der Waals surface area contributed by atoms with Crippen molar-refractivity contribution in [1.82, 2.24) is 9.55 Å². The highest BCUT2D eigenvalue weighted by Crippen LogP contribution is 2.14. The van der Waals surface area contributed by atoms with Gasteiger partial charge in [-0.15, -0.1) is 0 Å². The summed E-state index contributed by atoms with van der Waals surface area (Å²) in [7, 11) is 1.75. The maximum Gasteiger partial charge on any atom is 0.251 e. The maximum absolute atomic E-state index is 11.4. The minimum Gasteiger partial charge on any atom is -0.296 e. The fourth-order valence-electron chi connectivity index (χ4n) is 1.66. The Morgan fingerprint density at radius 1 is 1.29 bits per heavy atom. The van der Waals surface area contributed by atoms with E-state index in [1.54, 1.807) is 17.7 Å². The van der Waals surface area contributed by atoms with E-state index in [4.69, 9.17) is 0 Å². The van der Waals surface area contributed by atoms with Crippen LogP contribution < -0.4 is 5.56 Å². The Morgan fingerprint density at radius 2 is 2.00 bits per heavy atom. The zero-order valence-corrected chi connectivity index (χ0v) is 8.53. The Hall–Kier alpha value is -1.64. The van der Waals surface area contributed by atoms with Gasteiger partial charge in [0.25, 0.3) is 5.56 Å². The lowest BCUT2D eigenvalue weighted by Crippen LogP contribution is -2.16. The zero-order valence-electron chi connectivity index (χ0n) is 8.53. The molecule has 0 saturated carbocycles. The molecule has 0 aromatic carbocycles. The molecule has 0 aliphatic rings. The molecule has 0 spiro atoms. The number of hydrogen-bond acceptors (Lipinski definition) is 2. The summed E-state index contributed by atoms with van der Waals surface area (Å²) in [6, 6.07) is 5.43. The second-order valence-corrected chi connectivity index (χ2v) is 3.55. The molecule has 0 aliphatic carbocycles. The van der Waals surface area contributed by atoms with Crippen LogP contribution in [0.4, 0.5) is 0 Å². The first kappa shape index (κ1) is 8.94. The van der Waals surface area contributed by atoms with Crippen molar-refractivity contribution in [1.29, 1.82) is 0 Å². The zero-order chi connectivity index (χ0) is 10.3. The van der Waals surface area contributed by atoms with E-state index in [9.17, 15) is 4.79 Å². The molecule has 2 heterocycles. The van der Waals surface area contributed by atoms with E-state index in [0.717, 1.165) is 22.3 Å². The van der Waals surface area contributed by atoms with Gasteiger partial charge in [0.2, 0.25) is 0 Å². The lowest BCUT2D eigenvalue weighted by molar-refractivity contribution is 0.883. The molecule has 3 heteroatoms. The van der Waals surface area contributed by atoms with E-state index in [1.807, 2.05) is 26.0 Å². The number of hydrogen-bond donors (Lipinski definition) is 0. The fraction of sp³-hybridized carbons (Fsp3) is 0.273. The highest BCUT2D eigenvalue weighted by Gasteiger charge is 2.03. The Balaban J connectivity index is 3.02. The summed E-state index contributed by atoms with van der Waals surface area (Å²) < 4.78 is 1.58. The Morgan fingerprint density at radius 3 is 2.71 bits per heavy atom. The molecule has 0 atom stereocenters. The number of aromatic nitrogens is 2. The van der Waals surface area contributed by atoms with Crippen LogP contribution in [0.25, 0.3) is 11.0 Å². The van der Waals surface area contributed by atoms with Crippen molar-refractivity contribution < 1.29 is 0 Å². The molecule has 0 N–H and O–H groups in total. The number of fused-ring (bicyclic) bond motifs is 1. The van der Waals surface area contributed by atoms with Crippen LogP contribution in [0.5, 0.6) is 0 Å². The van der Waals surface area contributed by atoms with E-state index in [2.05, 4.69) is 4.98 Å². The summed E-state index contributed by atoms with van der Waals surface area (Å²) in [6.07, 6.45) is 0. The monoisotopic (exact) mass is 188 g/mol. The van der Waals surface area contributed by atoms with Crippen LogP contribution in [0, 0.1) is 13.8 Å². The largest absolute Gasteiger partial charge is 0.296 e. The molecule has 0 amide bonds. The van der Waals surface area contributed by atoms with Crippen LogP contribution >= 0.6 is 0 Å². The summed E-state index contributed by atoms with van der Waals surface area (Å²) in [6.45, 7) is 3.96.